The lowest BCUT2D eigenvalue weighted by molar-refractivity contribution is -0.154. The van der Waals surface area contributed by atoms with Crippen LogP contribution >= 0.6 is 0 Å². The van der Waals surface area contributed by atoms with E-state index in [0.29, 0.717) is 5.56 Å². The Bertz CT molecular complexity index is 1900. The fraction of sp³-hybridized carbons (Fsp3) is 0.375. The van der Waals surface area contributed by atoms with Crippen LogP contribution in [0.4, 0.5) is 0 Å². The van der Waals surface area contributed by atoms with Gasteiger partial charge in [0.2, 0.25) is 11.6 Å². The highest BCUT2D eigenvalue weighted by molar-refractivity contribution is 6.53. The van der Waals surface area contributed by atoms with Crippen LogP contribution in [0.2, 0.25) is 0 Å². The minimum Gasteiger partial charge on any atom is -0.507 e. The third kappa shape index (κ3) is 4.48. The molecule has 5 unspecified atom stereocenters. The van der Waals surface area contributed by atoms with Crippen molar-refractivity contribution < 1.29 is 74.0 Å². The Morgan fingerprint density at radius 1 is 0.957 bits per heavy atom. The predicted octanol–water partition coefficient (Wildman–Crippen LogP) is 2.03. The van der Waals surface area contributed by atoms with Crippen LogP contribution in [0.5, 0.6) is 17.2 Å². The number of hydrogen-bond donors (Lipinski definition) is 7. The third-order valence-electron chi connectivity index (χ3n) is 9.20. The minimum absolute atomic E-state index is 0.0307. The molecule has 5 atom stereocenters. The number of aliphatic carboxylic acids is 2. The van der Waals surface area contributed by atoms with Crippen LogP contribution in [0.3, 0.4) is 0 Å². The maximum Gasteiger partial charge on any atom is 0.305 e. The number of phenolic OH excluding ortho intramolecular Hbond substituents is 3. The fourth-order valence-electron chi connectivity index (χ4n) is 7.57. The monoisotopic (exact) mass is 652 g/mol. The first-order chi connectivity index (χ1) is 22.0. The zero-order valence-corrected chi connectivity index (χ0v) is 24.8. The first-order valence-corrected chi connectivity index (χ1v) is 14.5. The number of benzene rings is 2. The summed E-state index contributed by atoms with van der Waals surface area (Å²) in [5.41, 5.74) is -5.14. The number of rotatable bonds is 7. The Kier molecular flexibility index (Phi) is 7.17. The highest BCUT2D eigenvalue weighted by Gasteiger charge is 2.61. The molecular weight excluding hydrogens is 624 g/mol. The Morgan fingerprint density at radius 2 is 1.62 bits per heavy atom. The largest absolute Gasteiger partial charge is 0.507 e. The van der Waals surface area contributed by atoms with Crippen molar-refractivity contribution in [1.29, 1.82) is 0 Å². The third-order valence-corrected chi connectivity index (χ3v) is 9.20. The number of aromatic hydroxyl groups is 3. The van der Waals surface area contributed by atoms with E-state index in [1.165, 1.54) is 6.07 Å². The Morgan fingerprint density at radius 3 is 2.23 bits per heavy atom. The summed E-state index contributed by atoms with van der Waals surface area (Å²) < 4.78 is 11.6. The van der Waals surface area contributed by atoms with Crippen LogP contribution < -0.4 is 0 Å². The molecule has 0 spiro atoms. The molecule has 4 aliphatic rings. The van der Waals surface area contributed by atoms with E-state index in [1.807, 2.05) is 0 Å². The fourth-order valence-corrected chi connectivity index (χ4v) is 7.57. The maximum atomic E-state index is 14.1. The van der Waals surface area contributed by atoms with Gasteiger partial charge in [-0.1, -0.05) is 0 Å². The normalized spacial score (nSPS) is 24.7. The van der Waals surface area contributed by atoms with Crippen molar-refractivity contribution in [1.82, 2.24) is 0 Å². The summed E-state index contributed by atoms with van der Waals surface area (Å²) in [6, 6.07) is 1.43. The van der Waals surface area contributed by atoms with Gasteiger partial charge < -0.3 is 45.2 Å². The van der Waals surface area contributed by atoms with Crippen molar-refractivity contribution in [3.63, 3.8) is 0 Å². The van der Waals surface area contributed by atoms with Gasteiger partial charge in [-0.2, -0.15) is 0 Å². The van der Waals surface area contributed by atoms with Gasteiger partial charge in [-0.15, -0.1) is 0 Å². The van der Waals surface area contributed by atoms with Gasteiger partial charge in [0.15, 0.2) is 11.4 Å². The van der Waals surface area contributed by atoms with Gasteiger partial charge in [0.05, 0.1) is 59.3 Å². The van der Waals surface area contributed by atoms with Crippen molar-refractivity contribution in [2.75, 3.05) is 0 Å². The van der Waals surface area contributed by atoms with Crippen molar-refractivity contribution in [3.05, 3.63) is 56.1 Å². The molecule has 47 heavy (non-hydrogen) atoms. The quantitative estimate of drug-likeness (QED) is 0.128. The van der Waals surface area contributed by atoms with Crippen LogP contribution in [0.15, 0.2) is 11.6 Å². The number of carboxylic acids is 2. The van der Waals surface area contributed by atoms with E-state index in [-0.39, 0.29) is 35.1 Å². The van der Waals surface area contributed by atoms with Gasteiger partial charge in [0, 0.05) is 42.0 Å². The first-order valence-electron chi connectivity index (χ1n) is 14.5. The average molecular weight is 653 g/mol. The number of aliphatic hydroxyl groups excluding tert-OH is 2. The highest BCUT2D eigenvalue weighted by atomic mass is 16.6. The molecule has 2 bridgehead atoms. The van der Waals surface area contributed by atoms with Crippen molar-refractivity contribution >= 4 is 41.0 Å². The minimum atomic E-state index is -2.10. The predicted molar refractivity (Wildman–Crippen MR) is 153 cm³/mol. The van der Waals surface area contributed by atoms with Crippen LogP contribution in [0.1, 0.15) is 106 Å². The molecule has 0 amide bonds. The molecule has 15 nitrogen and oxygen atoms in total. The lowest BCUT2D eigenvalue weighted by Gasteiger charge is -2.38. The lowest BCUT2D eigenvalue weighted by Crippen LogP contribution is -2.38. The second kappa shape index (κ2) is 10.6. The molecule has 0 saturated carbocycles. The number of carbonyl (C=O) groups is 6. The number of ketones is 3. The van der Waals surface area contributed by atoms with E-state index in [9.17, 15) is 59.4 Å². The Hall–Kier alpha value is -5.28. The smallest absolute Gasteiger partial charge is 0.305 e. The number of fused-ring (bicyclic) bond motifs is 9. The molecule has 246 valence electrons. The molecule has 15 heteroatoms. The number of Topliss-reactive ketones (excluding diaryl/α,β-unsaturated/α-hetero) is 3. The second-order valence-corrected chi connectivity index (χ2v) is 12.1. The molecule has 7 N–H and O–H groups in total. The molecular formula is C32H28O15. The van der Waals surface area contributed by atoms with E-state index in [1.54, 1.807) is 6.92 Å². The molecule has 0 saturated heterocycles. The Balaban J connectivity index is 1.64. The number of aliphatic hydroxyl groups is 2. The van der Waals surface area contributed by atoms with Crippen molar-refractivity contribution in [2.24, 2.45) is 0 Å². The standard InChI is InChI=1S/C32H28O15/c1-9-19-11(3-13(46-9)7-18(37)38)4-16-21(28(19)42)26(40)15-8-32(16,47-10(2)33)24-20(15)29(43)23-22(30(24)44)25(39)14(27(41)31(23)45)5-12(34)6-17(35)36/h4,9,12-13,15,34,39,42-44H,3,5-8H2,1-2H3,(H,35,36)(H,37,38). The molecule has 2 aromatic carbocycles. The van der Waals surface area contributed by atoms with Crippen molar-refractivity contribution in [2.45, 2.75) is 75.8 Å². The molecule has 0 radical (unpaired) electrons. The number of phenols is 3. The topological polar surface area (TPSA) is 262 Å². The summed E-state index contributed by atoms with van der Waals surface area (Å²) in [5, 5.41) is 74.6. The summed E-state index contributed by atoms with van der Waals surface area (Å²) in [5.74, 6) is -12.1. The van der Waals surface area contributed by atoms with Gasteiger partial charge in [-0.3, -0.25) is 28.8 Å². The zero-order chi connectivity index (χ0) is 34.4. The first kappa shape index (κ1) is 31.7. The number of carboxylic acid groups (broad SMARTS) is 2. The van der Waals surface area contributed by atoms with E-state index in [4.69, 9.17) is 14.6 Å². The van der Waals surface area contributed by atoms with Crippen molar-refractivity contribution in [3.8, 4) is 17.2 Å². The van der Waals surface area contributed by atoms with Crippen LogP contribution in [-0.4, -0.2) is 83.2 Å². The van der Waals surface area contributed by atoms with Gasteiger partial charge in [0.25, 0.3) is 0 Å². The molecule has 0 fully saturated rings. The molecule has 3 aliphatic carbocycles. The number of ether oxygens (including phenoxy) is 2. The molecule has 0 aromatic heterocycles. The molecule has 1 heterocycles. The van der Waals surface area contributed by atoms with Crippen LogP contribution in [0, 0.1) is 0 Å². The summed E-state index contributed by atoms with van der Waals surface area (Å²) in [7, 11) is 0. The van der Waals surface area contributed by atoms with E-state index < -0.39 is 130 Å². The molecule has 6 rings (SSSR count). The van der Waals surface area contributed by atoms with Gasteiger partial charge in [0.1, 0.15) is 23.0 Å². The highest BCUT2D eigenvalue weighted by Crippen LogP contribution is 2.65. The van der Waals surface area contributed by atoms with Crippen LogP contribution in [0.25, 0.3) is 5.76 Å². The molecule has 2 aromatic rings. The van der Waals surface area contributed by atoms with Gasteiger partial charge in [-0.05, 0) is 25.0 Å². The number of carbonyl (C=O) groups excluding carboxylic acids is 4. The number of hydrogen-bond acceptors (Lipinski definition) is 13. The Labute approximate surface area is 264 Å². The van der Waals surface area contributed by atoms with Gasteiger partial charge >= 0.3 is 17.9 Å². The maximum absolute atomic E-state index is 14.1. The summed E-state index contributed by atoms with van der Waals surface area (Å²) in [6.45, 7) is 2.58. The molecule has 1 aliphatic heterocycles. The zero-order valence-electron chi connectivity index (χ0n) is 24.8. The summed E-state index contributed by atoms with van der Waals surface area (Å²) >= 11 is 0. The van der Waals surface area contributed by atoms with Crippen LogP contribution in [-0.2, 0) is 40.7 Å². The average Bonchev–Trinajstić information content (AvgIpc) is 3.26. The van der Waals surface area contributed by atoms with E-state index >= 15 is 0 Å². The SMILES string of the molecule is CC(=O)OC12CC(C(=O)c3c1cc1c(c3O)C(C)OC(CC(=O)O)C1)c1c(O)c3c(c(O)c12)C(O)=C(CC(O)CC(=O)O)C(=O)C3=O. The van der Waals surface area contributed by atoms with Gasteiger partial charge in [-0.25, -0.2) is 0 Å². The second-order valence-electron chi connectivity index (χ2n) is 12.1. The summed E-state index contributed by atoms with van der Waals surface area (Å²) in [6.07, 6.45) is -5.93. The number of esters is 1. The summed E-state index contributed by atoms with van der Waals surface area (Å²) in [4.78, 5) is 75.7. The van der Waals surface area contributed by atoms with E-state index in [0.717, 1.165) is 6.92 Å². The lowest BCUT2D eigenvalue weighted by atomic mass is 9.73. The van der Waals surface area contributed by atoms with E-state index in [2.05, 4.69) is 0 Å².